The molecule has 2 aromatic rings. The van der Waals surface area contributed by atoms with Crippen molar-refractivity contribution in [3.8, 4) is 0 Å². The summed E-state index contributed by atoms with van der Waals surface area (Å²) in [5.41, 5.74) is 2.82. The summed E-state index contributed by atoms with van der Waals surface area (Å²) in [6.07, 6.45) is 0. The minimum atomic E-state index is 0.416. The fourth-order valence-corrected chi connectivity index (χ4v) is 3.30. The van der Waals surface area contributed by atoms with E-state index in [-0.39, 0.29) is 0 Å². The molecular formula is C15H18N2S. The van der Waals surface area contributed by atoms with E-state index in [1.807, 2.05) is 0 Å². The normalized spacial score (nSPS) is 18.7. The molecule has 0 aliphatic carbocycles. The van der Waals surface area contributed by atoms with Gasteiger partial charge >= 0.3 is 0 Å². The molecule has 18 heavy (non-hydrogen) atoms. The summed E-state index contributed by atoms with van der Waals surface area (Å²) in [6.45, 7) is 4.42. The largest absolute Gasteiger partial charge is 0.314 e. The summed E-state index contributed by atoms with van der Waals surface area (Å²) in [5, 5.41) is 7.88. The van der Waals surface area contributed by atoms with Gasteiger partial charge in [-0.1, -0.05) is 30.3 Å². The van der Waals surface area contributed by atoms with Crippen LogP contribution in [0.3, 0.4) is 0 Å². The summed E-state index contributed by atoms with van der Waals surface area (Å²) >= 11 is 1.78. The molecule has 0 saturated carbocycles. The first-order chi connectivity index (χ1) is 8.95. The van der Waals surface area contributed by atoms with Crippen molar-refractivity contribution in [3.05, 3.63) is 58.3 Å². The number of nitrogens with one attached hydrogen (secondary N) is 1. The maximum atomic E-state index is 3.43. The van der Waals surface area contributed by atoms with E-state index in [2.05, 4.69) is 57.4 Å². The summed E-state index contributed by atoms with van der Waals surface area (Å²) in [7, 11) is 0. The van der Waals surface area contributed by atoms with Gasteiger partial charge in [-0.25, -0.2) is 0 Å². The van der Waals surface area contributed by atoms with E-state index in [0.717, 1.165) is 26.2 Å². The molecule has 0 radical (unpaired) electrons. The number of hydrogen-bond acceptors (Lipinski definition) is 3. The Morgan fingerprint density at radius 1 is 1.00 bits per heavy atom. The van der Waals surface area contributed by atoms with Crippen LogP contribution < -0.4 is 5.32 Å². The van der Waals surface area contributed by atoms with Gasteiger partial charge < -0.3 is 5.32 Å². The predicted molar refractivity (Wildman–Crippen MR) is 77.0 cm³/mol. The van der Waals surface area contributed by atoms with Crippen molar-refractivity contribution in [3.63, 3.8) is 0 Å². The maximum Gasteiger partial charge on any atom is 0.0610 e. The molecule has 94 valence electrons. The van der Waals surface area contributed by atoms with Crippen molar-refractivity contribution in [2.24, 2.45) is 0 Å². The van der Waals surface area contributed by atoms with Gasteiger partial charge in [0.05, 0.1) is 6.04 Å². The van der Waals surface area contributed by atoms with Gasteiger partial charge in [0.15, 0.2) is 0 Å². The first kappa shape index (κ1) is 11.9. The Hall–Kier alpha value is -1.16. The fraction of sp³-hybridized carbons (Fsp3) is 0.333. The molecule has 1 atom stereocenters. The Balaban J connectivity index is 1.93. The number of nitrogens with zero attached hydrogens (tertiary/aromatic N) is 1. The predicted octanol–water partition coefficient (Wildman–Crippen LogP) is 2.74. The summed E-state index contributed by atoms with van der Waals surface area (Å²) in [5.74, 6) is 0. The highest BCUT2D eigenvalue weighted by molar-refractivity contribution is 7.08. The van der Waals surface area contributed by atoms with Crippen molar-refractivity contribution in [1.82, 2.24) is 10.2 Å². The Morgan fingerprint density at radius 2 is 1.78 bits per heavy atom. The van der Waals surface area contributed by atoms with Gasteiger partial charge in [0, 0.05) is 26.2 Å². The lowest BCUT2D eigenvalue weighted by molar-refractivity contribution is 0.199. The van der Waals surface area contributed by atoms with Crippen LogP contribution in [0.4, 0.5) is 0 Å². The van der Waals surface area contributed by atoms with E-state index >= 15 is 0 Å². The van der Waals surface area contributed by atoms with Crippen LogP contribution in [-0.2, 0) is 0 Å². The Morgan fingerprint density at radius 3 is 2.44 bits per heavy atom. The molecule has 1 unspecified atom stereocenters. The van der Waals surface area contributed by atoms with Gasteiger partial charge in [-0.15, -0.1) is 0 Å². The molecule has 0 spiro atoms. The molecule has 1 aromatic heterocycles. The molecule has 1 N–H and O–H groups in total. The topological polar surface area (TPSA) is 15.3 Å². The first-order valence-electron chi connectivity index (χ1n) is 6.47. The minimum Gasteiger partial charge on any atom is -0.314 e. The van der Waals surface area contributed by atoms with Crippen molar-refractivity contribution in [2.45, 2.75) is 6.04 Å². The van der Waals surface area contributed by atoms with Crippen LogP contribution in [0.2, 0.25) is 0 Å². The third-order valence-electron chi connectivity index (χ3n) is 3.49. The Labute approximate surface area is 112 Å². The Bertz CT molecular complexity index is 461. The average Bonchev–Trinajstić information content (AvgIpc) is 2.95. The third-order valence-corrected chi connectivity index (χ3v) is 4.19. The van der Waals surface area contributed by atoms with E-state index in [1.165, 1.54) is 11.1 Å². The van der Waals surface area contributed by atoms with Crippen LogP contribution >= 0.6 is 11.3 Å². The summed E-state index contributed by atoms with van der Waals surface area (Å²) in [4.78, 5) is 2.58. The van der Waals surface area contributed by atoms with Crippen LogP contribution in [0.1, 0.15) is 17.2 Å². The summed E-state index contributed by atoms with van der Waals surface area (Å²) < 4.78 is 0. The third kappa shape index (κ3) is 2.48. The molecule has 0 bridgehead atoms. The number of piperazine rings is 1. The first-order valence-corrected chi connectivity index (χ1v) is 7.41. The van der Waals surface area contributed by atoms with Crippen LogP contribution in [-0.4, -0.2) is 31.1 Å². The summed E-state index contributed by atoms with van der Waals surface area (Å²) in [6, 6.07) is 13.5. The zero-order valence-electron chi connectivity index (χ0n) is 10.4. The van der Waals surface area contributed by atoms with Crippen LogP contribution in [0.15, 0.2) is 47.2 Å². The molecule has 2 nitrogen and oxygen atoms in total. The van der Waals surface area contributed by atoms with Gasteiger partial charge in [0.2, 0.25) is 0 Å². The average molecular weight is 258 g/mol. The van der Waals surface area contributed by atoms with Crippen LogP contribution in [0.5, 0.6) is 0 Å². The lowest BCUT2D eigenvalue weighted by Gasteiger charge is -2.35. The highest BCUT2D eigenvalue weighted by Gasteiger charge is 2.23. The zero-order valence-corrected chi connectivity index (χ0v) is 11.2. The molecular weight excluding hydrogens is 240 g/mol. The second kappa shape index (κ2) is 5.65. The molecule has 1 fully saturated rings. The van der Waals surface area contributed by atoms with Crippen molar-refractivity contribution >= 4 is 11.3 Å². The molecule has 3 heteroatoms. The zero-order chi connectivity index (χ0) is 12.2. The molecule has 0 amide bonds. The number of hydrogen-bond donors (Lipinski definition) is 1. The second-order valence-electron chi connectivity index (χ2n) is 4.66. The molecule has 1 aliphatic rings. The van der Waals surface area contributed by atoms with Gasteiger partial charge in [-0.3, -0.25) is 4.90 Å². The molecule has 1 aliphatic heterocycles. The van der Waals surface area contributed by atoms with Crippen molar-refractivity contribution < 1.29 is 0 Å². The minimum absolute atomic E-state index is 0.416. The Kier molecular flexibility index (Phi) is 3.74. The molecule has 2 heterocycles. The lowest BCUT2D eigenvalue weighted by atomic mass is 9.99. The van der Waals surface area contributed by atoms with Crippen molar-refractivity contribution in [1.29, 1.82) is 0 Å². The quantitative estimate of drug-likeness (QED) is 0.910. The smallest absolute Gasteiger partial charge is 0.0610 e. The van der Waals surface area contributed by atoms with Gasteiger partial charge in [-0.2, -0.15) is 11.3 Å². The van der Waals surface area contributed by atoms with Gasteiger partial charge in [0.25, 0.3) is 0 Å². The molecule has 1 saturated heterocycles. The SMILES string of the molecule is c1ccc(C(c2ccsc2)N2CCNCC2)cc1. The van der Waals surface area contributed by atoms with Gasteiger partial charge in [0.1, 0.15) is 0 Å². The highest BCUT2D eigenvalue weighted by atomic mass is 32.1. The number of thiophene rings is 1. The van der Waals surface area contributed by atoms with E-state index in [0.29, 0.717) is 6.04 Å². The molecule has 3 rings (SSSR count). The second-order valence-corrected chi connectivity index (χ2v) is 5.44. The monoisotopic (exact) mass is 258 g/mol. The van der Waals surface area contributed by atoms with E-state index in [9.17, 15) is 0 Å². The maximum absolute atomic E-state index is 3.43. The highest BCUT2D eigenvalue weighted by Crippen LogP contribution is 2.30. The van der Waals surface area contributed by atoms with Crippen LogP contribution in [0, 0.1) is 0 Å². The van der Waals surface area contributed by atoms with E-state index in [1.54, 1.807) is 11.3 Å². The van der Waals surface area contributed by atoms with Crippen molar-refractivity contribution in [2.75, 3.05) is 26.2 Å². The fourth-order valence-electron chi connectivity index (χ4n) is 2.62. The standard InChI is InChI=1S/C15H18N2S/c1-2-4-13(5-3-1)15(14-6-11-18-12-14)17-9-7-16-8-10-17/h1-6,11-12,15-16H,7-10H2. The number of rotatable bonds is 3. The van der Waals surface area contributed by atoms with E-state index < -0.39 is 0 Å². The lowest BCUT2D eigenvalue weighted by Crippen LogP contribution is -2.45. The molecule has 1 aromatic carbocycles. The van der Waals surface area contributed by atoms with Crippen LogP contribution in [0.25, 0.3) is 0 Å². The number of benzene rings is 1. The van der Waals surface area contributed by atoms with E-state index in [4.69, 9.17) is 0 Å². The van der Waals surface area contributed by atoms with Gasteiger partial charge in [-0.05, 0) is 28.0 Å².